The van der Waals surface area contributed by atoms with Crippen molar-refractivity contribution in [3.05, 3.63) is 39.8 Å². The van der Waals surface area contributed by atoms with E-state index in [0.717, 1.165) is 33.7 Å². The summed E-state index contributed by atoms with van der Waals surface area (Å²) in [6, 6.07) is 4.01. The number of rotatable bonds is 8. The van der Waals surface area contributed by atoms with E-state index in [-0.39, 0.29) is 6.61 Å². The van der Waals surface area contributed by atoms with E-state index < -0.39 is 0 Å². The number of ether oxygens (including phenoxy) is 1. The molecule has 0 unspecified atom stereocenters. The molecule has 2 aromatic heterocycles. The zero-order valence-electron chi connectivity index (χ0n) is 17.2. The summed E-state index contributed by atoms with van der Waals surface area (Å²) in [7, 11) is 0. The summed E-state index contributed by atoms with van der Waals surface area (Å²) in [5.41, 5.74) is 5.50. The normalized spacial score (nSPS) is 11.4. The number of nitrogens with zero attached hydrogens (tertiary/aromatic N) is 2. The molecule has 0 aliphatic heterocycles. The summed E-state index contributed by atoms with van der Waals surface area (Å²) in [5.74, 6) is 2.56. The first kappa shape index (κ1) is 20.6. The van der Waals surface area contributed by atoms with Crippen molar-refractivity contribution in [3.8, 4) is 28.0 Å². The van der Waals surface area contributed by atoms with Gasteiger partial charge in [0.25, 0.3) is 5.89 Å². The van der Waals surface area contributed by atoms with E-state index in [1.807, 2.05) is 26.0 Å². The molecular weight excluding hydrogens is 372 g/mol. The Kier molecular flexibility index (Phi) is 6.52. The highest BCUT2D eigenvalue weighted by Crippen LogP contribution is 2.35. The zero-order valence-corrected chi connectivity index (χ0v) is 18.0. The van der Waals surface area contributed by atoms with Gasteiger partial charge in [-0.15, -0.1) is 21.5 Å². The topological polar surface area (TPSA) is 68.4 Å². The first-order valence-corrected chi connectivity index (χ1v) is 10.5. The van der Waals surface area contributed by atoms with Crippen LogP contribution in [0.2, 0.25) is 0 Å². The maximum Gasteiger partial charge on any atom is 0.258 e. The smallest absolute Gasteiger partial charge is 0.258 e. The van der Waals surface area contributed by atoms with Gasteiger partial charge in [-0.3, -0.25) is 0 Å². The standard InChI is InChI=1S/C22H28N2O3S/c1-13(2)9-18-12-28-20(16(18)5)22-24-23-21(27-22)17-10-14(3)19(15(4)11-17)26-8-6-7-25/h10-13,25H,6-9H2,1-5H3. The number of benzene rings is 1. The Labute approximate surface area is 170 Å². The Bertz CT molecular complexity index is 920. The Hall–Kier alpha value is -2.18. The van der Waals surface area contributed by atoms with Crippen molar-refractivity contribution >= 4 is 11.3 Å². The SMILES string of the molecule is Cc1cc(-c2nnc(-c3scc(CC(C)C)c3C)o2)cc(C)c1OCCCO. The minimum absolute atomic E-state index is 0.127. The van der Waals surface area contributed by atoms with Gasteiger partial charge in [0.15, 0.2) is 0 Å². The van der Waals surface area contributed by atoms with Crippen LogP contribution in [0.1, 0.15) is 42.5 Å². The predicted octanol–water partition coefficient (Wildman–Crippen LogP) is 5.35. The highest BCUT2D eigenvalue weighted by Gasteiger charge is 2.18. The second kappa shape index (κ2) is 8.88. The zero-order chi connectivity index (χ0) is 20.3. The molecule has 0 saturated carbocycles. The lowest BCUT2D eigenvalue weighted by atomic mass is 10.0. The monoisotopic (exact) mass is 400 g/mol. The van der Waals surface area contributed by atoms with E-state index >= 15 is 0 Å². The van der Waals surface area contributed by atoms with Crippen LogP contribution in [-0.4, -0.2) is 28.5 Å². The van der Waals surface area contributed by atoms with Crippen LogP contribution in [0.15, 0.2) is 21.9 Å². The largest absolute Gasteiger partial charge is 0.493 e. The van der Waals surface area contributed by atoms with Crippen LogP contribution in [-0.2, 0) is 6.42 Å². The minimum atomic E-state index is 0.127. The van der Waals surface area contributed by atoms with E-state index in [9.17, 15) is 0 Å². The first-order chi connectivity index (χ1) is 13.4. The molecule has 150 valence electrons. The van der Waals surface area contributed by atoms with Crippen LogP contribution in [0, 0.1) is 26.7 Å². The van der Waals surface area contributed by atoms with Crippen LogP contribution in [0.3, 0.4) is 0 Å². The summed E-state index contributed by atoms with van der Waals surface area (Å²) < 4.78 is 11.8. The lowest BCUT2D eigenvalue weighted by Gasteiger charge is -2.12. The van der Waals surface area contributed by atoms with Crippen molar-refractivity contribution in [1.82, 2.24) is 10.2 Å². The second-order valence-electron chi connectivity index (χ2n) is 7.59. The average Bonchev–Trinajstić information content (AvgIpc) is 3.24. The lowest BCUT2D eigenvalue weighted by Crippen LogP contribution is -2.02. The third-order valence-electron chi connectivity index (χ3n) is 4.64. The van der Waals surface area contributed by atoms with Gasteiger partial charge in [-0.2, -0.15) is 0 Å². The fourth-order valence-electron chi connectivity index (χ4n) is 3.28. The van der Waals surface area contributed by atoms with Gasteiger partial charge in [0.2, 0.25) is 5.89 Å². The fourth-order valence-corrected chi connectivity index (χ4v) is 4.30. The van der Waals surface area contributed by atoms with Gasteiger partial charge < -0.3 is 14.3 Å². The summed E-state index contributed by atoms with van der Waals surface area (Å²) in [6.07, 6.45) is 1.67. The Morgan fingerprint density at radius 1 is 1.11 bits per heavy atom. The number of aliphatic hydroxyl groups excluding tert-OH is 1. The number of aliphatic hydroxyl groups is 1. The lowest BCUT2D eigenvalue weighted by molar-refractivity contribution is 0.232. The Morgan fingerprint density at radius 2 is 1.79 bits per heavy atom. The number of hydrogen-bond donors (Lipinski definition) is 1. The molecule has 1 N–H and O–H groups in total. The number of aromatic nitrogens is 2. The van der Waals surface area contributed by atoms with E-state index in [1.54, 1.807) is 11.3 Å². The molecule has 3 rings (SSSR count). The van der Waals surface area contributed by atoms with Crippen LogP contribution >= 0.6 is 11.3 Å². The maximum absolute atomic E-state index is 8.93. The van der Waals surface area contributed by atoms with E-state index in [1.165, 1.54) is 11.1 Å². The van der Waals surface area contributed by atoms with Crippen molar-refractivity contribution in [3.63, 3.8) is 0 Å². The van der Waals surface area contributed by atoms with Crippen molar-refractivity contribution < 1.29 is 14.3 Å². The van der Waals surface area contributed by atoms with E-state index in [2.05, 4.69) is 36.3 Å². The summed E-state index contributed by atoms with van der Waals surface area (Å²) >= 11 is 1.66. The van der Waals surface area contributed by atoms with Gasteiger partial charge in [0.05, 0.1) is 11.5 Å². The molecule has 1 aromatic carbocycles. The van der Waals surface area contributed by atoms with Crippen molar-refractivity contribution in [2.45, 2.75) is 47.5 Å². The van der Waals surface area contributed by atoms with Crippen LogP contribution in [0.4, 0.5) is 0 Å². The molecule has 0 fully saturated rings. The highest BCUT2D eigenvalue weighted by atomic mass is 32.1. The average molecular weight is 401 g/mol. The predicted molar refractivity (Wildman–Crippen MR) is 113 cm³/mol. The molecule has 0 radical (unpaired) electrons. The third-order valence-corrected chi connectivity index (χ3v) is 5.76. The van der Waals surface area contributed by atoms with Crippen LogP contribution in [0.5, 0.6) is 5.75 Å². The van der Waals surface area contributed by atoms with E-state index in [0.29, 0.717) is 30.7 Å². The quantitative estimate of drug-likeness (QED) is 0.516. The van der Waals surface area contributed by atoms with Gasteiger partial charge in [0, 0.05) is 18.6 Å². The fraction of sp³-hybridized carbons (Fsp3) is 0.455. The van der Waals surface area contributed by atoms with Gasteiger partial charge in [-0.05, 0) is 72.9 Å². The Morgan fingerprint density at radius 3 is 2.43 bits per heavy atom. The van der Waals surface area contributed by atoms with Crippen LogP contribution in [0.25, 0.3) is 22.2 Å². The van der Waals surface area contributed by atoms with Crippen molar-refractivity contribution in [1.29, 1.82) is 0 Å². The molecule has 0 saturated heterocycles. The number of aryl methyl sites for hydroxylation is 2. The van der Waals surface area contributed by atoms with Gasteiger partial charge in [0.1, 0.15) is 5.75 Å². The first-order valence-electron chi connectivity index (χ1n) is 9.66. The maximum atomic E-state index is 8.93. The second-order valence-corrected chi connectivity index (χ2v) is 8.47. The minimum Gasteiger partial charge on any atom is -0.493 e. The molecular formula is C22H28N2O3S. The molecule has 0 aliphatic carbocycles. The molecule has 28 heavy (non-hydrogen) atoms. The molecule has 2 heterocycles. The molecule has 0 atom stereocenters. The molecule has 3 aromatic rings. The van der Waals surface area contributed by atoms with Crippen molar-refractivity contribution in [2.24, 2.45) is 5.92 Å². The van der Waals surface area contributed by atoms with Crippen molar-refractivity contribution in [2.75, 3.05) is 13.2 Å². The summed E-state index contributed by atoms with van der Waals surface area (Å²) in [5, 5.41) is 19.7. The molecule has 6 heteroatoms. The van der Waals surface area contributed by atoms with Crippen LogP contribution < -0.4 is 4.74 Å². The molecule has 0 spiro atoms. The molecule has 5 nitrogen and oxygen atoms in total. The van der Waals surface area contributed by atoms with Gasteiger partial charge >= 0.3 is 0 Å². The summed E-state index contributed by atoms with van der Waals surface area (Å²) in [6.45, 7) is 11.2. The summed E-state index contributed by atoms with van der Waals surface area (Å²) in [4.78, 5) is 1.05. The molecule has 0 amide bonds. The van der Waals surface area contributed by atoms with Gasteiger partial charge in [-0.1, -0.05) is 13.8 Å². The number of hydrogen-bond acceptors (Lipinski definition) is 6. The molecule has 0 bridgehead atoms. The van der Waals surface area contributed by atoms with E-state index in [4.69, 9.17) is 14.3 Å². The Balaban J connectivity index is 1.85. The number of thiophene rings is 1. The molecule has 0 aliphatic rings. The third kappa shape index (κ3) is 4.45. The highest BCUT2D eigenvalue weighted by molar-refractivity contribution is 7.13. The van der Waals surface area contributed by atoms with Gasteiger partial charge in [-0.25, -0.2) is 0 Å².